The highest BCUT2D eigenvalue weighted by molar-refractivity contribution is 9.10. The molecule has 4 nitrogen and oxygen atoms in total. The lowest BCUT2D eigenvalue weighted by atomic mass is 10.1. The summed E-state index contributed by atoms with van der Waals surface area (Å²) >= 11 is 3.30. The second-order valence-electron chi connectivity index (χ2n) is 4.13. The fourth-order valence-electron chi connectivity index (χ4n) is 1.69. The van der Waals surface area contributed by atoms with E-state index in [-0.39, 0.29) is 18.1 Å². The zero-order valence-corrected chi connectivity index (χ0v) is 11.6. The Labute approximate surface area is 119 Å². The summed E-state index contributed by atoms with van der Waals surface area (Å²) in [5.41, 5.74) is 7.62. The number of benzene rings is 2. The second kappa shape index (κ2) is 5.75. The van der Waals surface area contributed by atoms with E-state index in [4.69, 9.17) is 5.73 Å². The summed E-state index contributed by atoms with van der Waals surface area (Å²) in [7, 11) is 0. The normalized spacial score (nSPS) is 10.2. The van der Waals surface area contributed by atoms with Crippen molar-refractivity contribution in [3.05, 3.63) is 52.5 Å². The minimum absolute atomic E-state index is 0.147. The molecular formula is C14H13BrN2O2. The monoisotopic (exact) mass is 320 g/mol. The number of halogens is 1. The molecule has 19 heavy (non-hydrogen) atoms. The fourth-order valence-corrected chi connectivity index (χ4v) is 2.07. The summed E-state index contributed by atoms with van der Waals surface area (Å²) in [5.74, 6) is -0.0342. The van der Waals surface area contributed by atoms with Gasteiger partial charge in [-0.1, -0.05) is 28.1 Å². The Hall–Kier alpha value is -2.01. The van der Waals surface area contributed by atoms with Crippen molar-refractivity contribution in [1.82, 2.24) is 0 Å². The number of amides is 1. The first-order valence-electron chi connectivity index (χ1n) is 5.67. The largest absolute Gasteiger partial charge is 0.508 e. The molecule has 0 fully saturated rings. The first-order valence-corrected chi connectivity index (χ1v) is 6.46. The van der Waals surface area contributed by atoms with Gasteiger partial charge >= 0.3 is 0 Å². The lowest BCUT2D eigenvalue weighted by Gasteiger charge is -2.08. The van der Waals surface area contributed by atoms with Crippen LogP contribution in [0.15, 0.2) is 46.9 Å². The van der Waals surface area contributed by atoms with Gasteiger partial charge in [0, 0.05) is 4.47 Å². The van der Waals surface area contributed by atoms with Crippen molar-refractivity contribution in [2.75, 3.05) is 11.1 Å². The number of aromatic hydroxyl groups is 1. The van der Waals surface area contributed by atoms with E-state index in [1.54, 1.807) is 42.5 Å². The molecule has 0 aromatic heterocycles. The van der Waals surface area contributed by atoms with E-state index in [1.165, 1.54) is 0 Å². The smallest absolute Gasteiger partial charge is 0.228 e. The molecule has 1 amide bonds. The summed E-state index contributed by atoms with van der Waals surface area (Å²) in [6, 6.07) is 11.9. The molecule has 5 heteroatoms. The van der Waals surface area contributed by atoms with Crippen LogP contribution < -0.4 is 11.1 Å². The summed E-state index contributed by atoms with van der Waals surface area (Å²) in [5, 5.41) is 12.1. The van der Waals surface area contributed by atoms with E-state index in [0.29, 0.717) is 11.4 Å². The van der Waals surface area contributed by atoms with Crippen molar-refractivity contribution in [2.45, 2.75) is 6.42 Å². The molecule has 2 aromatic carbocycles. The Morgan fingerprint density at radius 2 is 2.05 bits per heavy atom. The molecule has 0 bridgehead atoms. The molecule has 2 rings (SSSR count). The standard InChI is InChI=1S/C14H13BrN2O2/c15-10-4-5-13(12(16)8-10)17-14(19)7-9-2-1-3-11(18)6-9/h1-6,8,18H,7,16H2,(H,17,19). The zero-order chi connectivity index (χ0) is 13.8. The van der Waals surface area contributed by atoms with Crippen molar-refractivity contribution < 1.29 is 9.90 Å². The summed E-state index contributed by atoms with van der Waals surface area (Å²) in [6.07, 6.45) is 0.184. The molecule has 0 aliphatic rings. The molecule has 0 aliphatic heterocycles. The number of phenolic OH excluding ortho intramolecular Hbond substituents is 1. The van der Waals surface area contributed by atoms with Crippen LogP contribution in [0, 0.1) is 0 Å². The van der Waals surface area contributed by atoms with Gasteiger partial charge in [0.15, 0.2) is 0 Å². The van der Waals surface area contributed by atoms with Crippen LogP contribution in [0.25, 0.3) is 0 Å². The minimum atomic E-state index is -0.181. The number of nitrogens with two attached hydrogens (primary N) is 1. The van der Waals surface area contributed by atoms with Crippen molar-refractivity contribution >= 4 is 33.2 Å². The molecule has 0 saturated carbocycles. The van der Waals surface area contributed by atoms with Gasteiger partial charge in [0.25, 0.3) is 0 Å². The van der Waals surface area contributed by atoms with Crippen molar-refractivity contribution in [3.8, 4) is 5.75 Å². The molecule has 0 radical (unpaired) electrons. The third-order valence-electron chi connectivity index (χ3n) is 2.56. The average molecular weight is 321 g/mol. The molecular weight excluding hydrogens is 308 g/mol. The van der Waals surface area contributed by atoms with Crippen LogP contribution in [0.5, 0.6) is 5.75 Å². The van der Waals surface area contributed by atoms with Crippen LogP contribution in [0.1, 0.15) is 5.56 Å². The van der Waals surface area contributed by atoms with Gasteiger partial charge in [-0.05, 0) is 35.9 Å². The van der Waals surface area contributed by atoms with E-state index < -0.39 is 0 Å². The first-order chi connectivity index (χ1) is 9.04. The minimum Gasteiger partial charge on any atom is -0.508 e. The molecule has 0 aliphatic carbocycles. The number of hydrogen-bond donors (Lipinski definition) is 3. The van der Waals surface area contributed by atoms with E-state index in [2.05, 4.69) is 21.2 Å². The van der Waals surface area contributed by atoms with Crippen LogP contribution in [-0.2, 0) is 11.2 Å². The Kier molecular flexibility index (Phi) is 4.06. The number of anilines is 2. The summed E-state index contributed by atoms with van der Waals surface area (Å²) < 4.78 is 0.857. The highest BCUT2D eigenvalue weighted by Gasteiger charge is 2.07. The Bertz CT molecular complexity index is 614. The van der Waals surface area contributed by atoms with Gasteiger partial charge in [0.1, 0.15) is 5.75 Å². The Morgan fingerprint density at radius 3 is 2.74 bits per heavy atom. The summed E-state index contributed by atoms with van der Waals surface area (Å²) in [4.78, 5) is 11.9. The van der Waals surface area contributed by atoms with Gasteiger partial charge in [-0.2, -0.15) is 0 Å². The molecule has 0 unspecified atom stereocenters. The molecule has 2 aromatic rings. The van der Waals surface area contributed by atoms with Crippen LogP contribution in [0.3, 0.4) is 0 Å². The quantitative estimate of drug-likeness (QED) is 0.761. The third-order valence-corrected chi connectivity index (χ3v) is 3.06. The van der Waals surface area contributed by atoms with E-state index in [9.17, 15) is 9.90 Å². The number of nitrogens with one attached hydrogen (secondary N) is 1. The number of phenols is 1. The molecule has 0 heterocycles. The number of rotatable bonds is 3. The van der Waals surface area contributed by atoms with Gasteiger partial charge < -0.3 is 16.2 Å². The van der Waals surface area contributed by atoms with Crippen LogP contribution in [-0.4, -0.2) is 11.0 Å². The summed E-state index contributed by atoms with van der Waals surface area (Å²) in [6.45, 7) is 0. The van der Waals surface area contributed by atoms with Gasteiger partial charge in [-0.15, -0.1) is 0 Å². The zero-order valence-electron chi connectivity index (χ0n) is 10.1. The topological polar surface area (TPSA) is 75.3 Å². The van der Waals surface area contributed by atoms with Crippen molar-refractivity contribution in [2.24, 2.45) is 0 Å². The molecule has 0 spiro atoms. The Morgan fingerprint density at radius 1 is 1.26 bits per heavy atom. The van der Waals surface area contributed by atoms with Crippen LogP contribution >= 0.6 is 15.9 Å². The van der Waals surface area contributed by atoms with Gasteiger partial charge in [0.05, 0.1) is 17.8 Å². The number of hydrogen-bond acceptors (Lipinski definition) is 3. The Balaban J connectivity index is 2.05. The predicted octanol–water partition coefficient (Wildman–Crippen LogP) is 2.92. The van der Waals surface area contributed by atoms with Crippen LogP contribution in [0.2, 0.25) is 0 Å². The van der Waals surface area contributed by atoms with Crippen molar-refractivity contribution in [1.29, 1.82) is 0 Å². The fraction of sp³-hybridized carbons (Fsp3) is 0.0714. The van der Waals surface area contributed by atoms with Gasteiger partial charge in [0.2, 0.25) is 5.91 Å². The highest BCUT2D eigenvalue weighted by atomic mass is 79.9. The lowest BCUT2D eigenvalue weighted by Crippen LogP contribution is -2.15. The van der Waals surface area contributed by atoms with Crippen molar-refractivity contribution in [3.63, 3.8) is 0 Å². The van der Waals surface area contributed by atoms with E-state index in [0.717, 1.165) is 10.0 Å². The lowest BCUT2D eigenvalue weighted by molar-refractivity contribution is -0.115. The number of carbonyl (C=O) groups excluding carboxylic acids is 1. The number of carbonyl (C=O) groups is 1. The molecule has 98 valence electrons. The highest BCUT2D eigenvalue weighted by Crippen LogP contribution is 2.23. The third kappa shape index (κ3) is 3.72. The SMILES string of the molecule is Nc1cc(Br)ccc1NC(=O)Cc1cccc(O)c1. The van der Waals surface area contributed by atoms with Gasteiger partial charge in [-0.25, -0.2) is 0 Å². The maximum absolute atomic E-state index is 11.9. The van der Waals surface area contributed by atoms with E-state index in [1.807, 2.05) is 0 Å². The first kappa shape index (κ1) is 13.4. The molecule has 0 atom stereocenters. The van der Waals surface area contributed by atoms with Crippen LogP contribution in [0.4, 0.5) is 11.4 Å². The van der Waals surface area contributed by atoms with Gasteiger partial charge in [-0.3, -0.25) is 4.79 Å². The maximum Gasteiger partial charge on any atom is 0.228 e. The average Bonchev–Trinajstić information content (AvgIpc) is 2.33. The van der Waals surface area contributed by atoms with E-state index >= 15 is 0 Å². The second-order valence-corrected chi connectivity index (χ2v) is 5.04. The maximum atomic E-state index is 11.9. The molecule has 0 saturated heterocycles. The predicted molar refractivity (Wildman–Crippen MR) is 79.0 cm³/mol. The molecule has 4 N–H and O–H groups in total. The number of nitrogen functional groups attached to an aromatic ring is 1.